The van der Waals surface area contributed by atoms with Crippen LogP contribution in [0, 0.1) is 36.5 Å². The summed E-state index contributed by atoms with van der Waals surface area (Å²) in [5.74, 6) is -3.39. The number of carbonyl (C=O) groups is 3. The summed E-state index contributed by atoms with van der Waals surface area (Å²) in [6, 6.07) is -1.74. The number of allylic oxidation sites excluding steroid dienone is 5. The van der Waals surface area contributed by atoms with Crippen LogP contribution in [-0.2, 0) is 51.1 Å². The molecule has 7 N–H and O–H groups in total. The van der Waals surface area contributed by atoms with Crippen molar-refractivity contribution in [2.24, 2.45) is 40.5 Å². The van der Waals surface area contributed by atoms with Crippen molar-refractivity contribution < 1.29 is 63.7 Å². The van der Waals surface area contributed by atoms with Crippen molar-refractivity contribution in [3.8, 4) is 0 Å². The van der Waals surface area contributed by atoms with Crippen molar-refractivity contribution in [3.63, 3.8) is 0 Å². The minimum atomic E-state index is -1.79. The summed E-state index contributed by atoms with van der Waals surface area (Å²) >= 11 is 0. The van der Waals surface area contributed by atoms with Crippen molar-refractivity contribution in [1.29, 1.82) is 0 Å². The summed E-state index contributed by atoms with van der Waals surface area (Å²) in [6.07, 6.45) is 15.8. The molecule has 5 aliphatic heterocycles. The molecule has 23 heteroatoms. The Hall–Kier alpha value is -5.76. The van der Waals surface area contributed by atoms with Crippen LogP contribution < -0.4 is 15.5 Å². The first kappa shape index (κ1) is 70.1. The van der Waals surface area contributed by atoms with Crippen LogP contribution in [0.25, 0.3) is 0 Å². The van der Waals surface area contributed by atoms with Gasteiger partial charge in [-0.05, 0) is 114 Å². The molecular formula is C67H102N10O13. The van der Waals surface area contributed by atoms with Crippen molar-refractivity contribution in [2.75, 3.05) is 69.9 Å². The third kappa shape index (κ3) is 18.5. The molecule has 16 atom stereocenters. The van der Waals surface area contributed by atoms with Gasteiger partial charge in [-0.15, -0.1) is 0 Å². The lowest BCUT2D eigenvalue weighted by atomic mass is 9.80. The maximum atomic E-state index is 14.6. The number of piperazine rings is 1. The van der Waals surface area contributed by atoms with Gasteiger partial charge in [0.25, 0.3) is 5.91 Å². The number of ether oxygens (including phenoxy) is 4. The predicted octanol–water partition coefficient (Wildman–Crippen LogP) is 5.43. The molecule has 1 saturated carbocycles. The van der Waals surface area contributed by atoms with Gasteiger partial charge in [0.15, 0.2) is 12.4 Å². The van der Waals surface area contributed by atoms with Crippen LogP contribution >= 0.6 is 0 Å². The molecule has 8 rings (SSSR count). The molecule has 2 aromatic heterocycles. The number of rotatable bonds is 10. The first-order valence-corrected chi connectivity index (χ1v) is 32.8. The van der Waals surface area contributed by atoms with Gasteiger partial charge in [0.05, 0.1) is 48.3 Å². The number of cyclic esters (lactones) is 1. The lowest BCUT2D eigenvalue weighted by Gasteiger charge is -2.44. The number of aryl methyl sites for hydroxylation is 1. The van der Waals surface area contributed by atoms with E-state index >= 15 is 0 Å². The Kier molecular flexibility index (Phi) is 25.5. The van der Waals surface area contributed by atoms with Gasteiger partial charge in [-0.1, -0.05) is 69.3 Å². The molecule has 2 aromatic rings. The second kappa shape index (κ2) is 32.7. The van der Waals surface area contributed by atoms with Gasteiger partial charge >= 0.3 is 5.97 Å². The molecule has 1 aliphatic carbocycles. The van der Waals surface area contributed by atoms with E-state index < -0.39 is 84.8 Å². The molecule has 2 bridgehead atoms. The number of carbonyl (C=O) groups excluding carboxylic acids is 3. The number of fused-ring (bicyclic) bond motifs is 4. The molecule has 3 saturated heterocycles. The van der Waals surface area contributed by atoms with Crippen LogP contribution in [0.15, 0.2) is 71.3 Å². The maximum absolute atomic E-state index is 14.6. The Morgan fingerprint density at radius 3 is 2.24 bits per heavy atom. The van der Waals surface area contributed by atoms with Crippen molar-refractivity contribution in [3.05, 3.63) is 83.0 Å². The highest BCUT2D eigenvalue weighted by Crippen LogP contribution is 2.39. The zero-order valence-electron chi connectivity index (χ0n) is 54.5. The summed E-state index contributed by atoms with van der Waals surface area (Å²) < 4.78 is 24.4. The highest BCUT2D eigenvalue weighted by Gasteiger charge is 2.47. The molecule has 498 valence electrons. The normalized spacial score (nSPS) is 35.4. The van der Waals surface area contributed by atoms with Gasteiger partial charge in [-0.25, -0.2) is 24.7 Å². The maximum Gasteiger partial charge on any atom is 0.329 e. The Morgan fingerprint density at radius 2 is 1.52 bits per heavy atom. The van der Waals surface area contributed by atoms with Crippen LogP contribution in [0.3, 0.4) is 0 Å². The van der Waals surface area contributed by atoms with Gasteiger partial charge in [0, 0.05) is 127 Å². The Bertz CT molecular complexity index is 2850. The van der Waals surface area contributed by atoms with E-state index in [4.69, 9.17) is 39.5 Å². The second-order valence-corrected chi connectivity index (χ2v) is 26.5. The predicted molar refractivity (Wildman–Crippen MR) is 340 cm³/mol. The Balaban J connectivity index is 1.00. The van der Waals surface area contributed by atoms with Crippen LogP contribution in [-0.4, -0.2) is 206 Å². The monoisotopic (exact) mass is 1250 g/mol. The van der Waals surface area contributed by atoms with E-state index in [1.807, 2.05) is 77.4 Å². The van der Waals surface area contributed by atoms with Gasteiger partial charge in [-0.2, -0.15) is 0 Å². The molecule has 2 amide bonds. The molecule has 0 aromatic carbocycles. The van der Waals surface area contributed by atoms with E-state index in [0.29, 0.717) is 114 Å². The SMILES string of the molecule is CO[C@H]1C[C@@H]2CC[C@@H](C)[C@](O)(CC(=O)N3CCCC[C@H]3C(=O)O[C@H]([C@H](N)C[C@@H]3CC[C@@H](O)[C@H](OC)C3)C[C@@H](O)[C@H](C)/C=C(\C)[C@@H](O)[C@@H](O)/C(=N/OCC(=O)N3CCc4nc(N5CCN(c6ncc(C)cn6)CC5)ncc4C3)[C@H](C)C[C@H](C)/C=C/C=C/C=C/1C)O2. The van der Waals surface area contributed by atoms with Gasteiger partial charge in [-0.3, -0.25) is 9.59 Å². The van der Waals surface area contributed by atoms with E-state index in [0.717, 1.165) is 35.5 Å². The van der Waals surface area contributed by atoms with Gasteiger partial charge in [0.1, 0.15) is 24.4 Å². The number of methoxy groups -OCH3 is 2. The summed E-state index contributed by atoms with van der Waals surface area (Å²) in [5.41, 5.74) is 11.1. The molecule has 0 radical (unpaired) electrons. The number of piperidine rings is 1. The standard InChI is InChI=1S/C67H102N10O13/c1-41-15-11-10-12-16-43(3)56(86-8)33-50-20-18-47(7)67(85,90-50)35-59(80)77-23-14-13-17-53(77)64(84)89-57(51(68)31-48-19-21-54(78)58(32-48)87-9)34-55(79)44(4)30-46(6)62(82)63(83)61(45(5)29-41)73-88-40-60(81)76-24-22-52-49(39-76)38-71-66(72-52)75-27-25-74(26-28-75)65-69-36-42(2)37-70-65/h10-12,15-16,30,36-38,41,44-45,47-48,50-51,53-58,62-63,78-79,82-83,85H,13-14,17-29,31-35,39-40,68H2,1-9H3/b12-10+,15-11+,43-16+,46-30+,73-61+/t41-,44-,45-,47-,48+,50+,51-,53+,54-,55-,56+,57+,58-,62-,63+,67+/m1/s1. The fraction of sp³-hybridized carbons (Fsp3) is 0.701. The number of amides is 2. The zero-order valence-corrected chi connectivity index (χ0v) is 54.5. The minimum absolute atomic E-state index is 0.0200. The van der Waals surface area contributed by atoms with Crippen LogP contribution in [0.5, 0.6) is 0 Å². The average molecular weight is 1260 g/mol. The summed E-state index contributed by atoms with van der Waals surface area (Å²) in [4.78, 5) is 74.8. The molecule has 6 aliphatic rings. The van der Waals surface area contributed by atoms with Crippen LogP contribution in [0.1, 0.15) is 142 Å². The van der Waals surface area contributed by atoms with Crippen molar-refractivity contribution in [1.82, 2.24) is 29.7 Å². The number of anilines is 2. The Morgan fingerprint density at radius 1 is 0.800 bits per heavy atom. The average Bonchev–Trinajstić information content (AvgIpc) is 1.47. The second-order valence-electron chi connectivity index (χ2n) is 26.5. The zero-order chi connectivity index (χ0) is 64.8. The van der Waals surface area contributed by atoms with Crippen LogP contribution in [0.4, 0.5) is 11.9 Å². The fourth-order valence-corrected chi connectivity index (χ4v) is 13.6. The molecule has 23 nitrogen and oxygen atoms in total. The number of aliphatic hydroxyl groups excluding tert-OH is 4. The third-order valence-corrected chi connectivity index (χ3v) is 19.5. The summed E-state index contributed by atoms with van der Waals surface area (Å²) in [5, 5.41) is 63.4. The highest BCUT2D eigenvalue weighted by atomic mass is 16.6. The van der Waals surface area contributed by atoms with Crippen molar-refractivity contribution in [2.45, 2.75) is 212 Å². The number of aromatic nitrogens is 4. The quantitative estimate of drug-likeness (QED) is 0.0981. The molecular weight excluding hydrogens is 1150 g/mol. The molecule has 0 unspecified atom stereocenters. The number of hydrogen-bond acceptors (Lipinski definition) is 21. The number of esters is 1. The van der Waals surface area contributed by atoms with Crippen LogP contribution in [0.2, 0.25) is 0 Å². The number of aliphatic hydroxyl groups is 5. The van der Waals surface area contributed by atoms with E-state index in [-0.39, 0.29) is 67.5 Å². The third-order valence-electron chi connectivity index (χ3n) is 19.5. The number of oxime groups is 1. The smallest absolute Gasteiger partial charge is 0.329 e. The highest BCUT2D eigenvalue weighted by molar-refractivity contribution is 5.91. The lowest BCUT2D eigenvalue weighted by Crippen LogP contribution is -2.55. The molecule has 4 fully saturated rings. The molecule has 0 spiro atoms. The van der Waals surface area contributed by atoms with E-state index in [9.17, 15) is 39.9 Å². The van der Waals surface area contributed by atoms with Gasteiger partial charge in [0.2, 0.25) is 17.8 Å². The molecule has 90 heavy (non-hydrogen) atoms. The summed E-state index contributed by atoms with van der Waals surface area (Å²) in [7, 11) is 3.19. The van der Waals surface area contributed by atoms with Crippen molar-refractivity contribution >= 4 is 35.4 Å². The first-order chi connectivity index (χ1) is 43.0. The largest absolute Gasteiger partial charge is 0.459 e. The topological polar surface area (TPSA) is 301 Å². The molecule has 7 heterocycles. The first-order valence-electron chi connectivity index (χ1n) is 32.8. The number of hydrogen-bond donors (Lipinski definition) is 6. The van der Waals surface area contributed by atoms with E-state index in [1.165, 1.54) is 4.90 Å². The minimum Gasteiger partial charge on any atom is -0.459 e. The summed E-state index contributed by atoms with van der Waals surface area (Å²) in [6.45, 7) is 16.5. The number of nitrogens with two attached hydrogens (primary N) is 1. The Labute approximate surface area is 531 Å². The fourth-order valence-electron chi connectivity index (χ4n) is 13.6. The van der Waals surface area contributed by atoms with Gasteiger partial charge < -0.3 is 74.7 Å². The van der Waals surface area contributed by atoms with E-state index in [1.54, 1.807) is 45.2 Å². The van der Waals surface area contributed by atoms with E-state index in [2.05, 4.69) is 24.9 Å². The lowest BCUT2D eigenvalue weighted by molar-refractivity contribution is -0.284. The number of nitrogens with zero attached hydrogens (tertiary/aromatic N) is 9.